The Bertz CT molecular complexity index is 998. The molecule has 1 saturated heterocycles. The molecule has 0 saturated carbocycles. The Morgan fingerprint density at radius 3 is 2.77 bits per heavy atom. The Labute approximate surface area is 190 Å². The number of methoxy groups -OCH3 is 1. The summed E-state index contributed by atoms with van der Waals surface area (Å²) in [5.41, 5.74) is 1.19. The van der Waals surface area contributed by atoms with E-state index in [4.69, 9.17) is 21.1 Å². The first-order valence-corrected chi connectivity index (χ1v) is 11.1. The van der Waals surface area contributed by atoms with Crippen LogP contribution in [0.2, 0.25) is 5.02 Å². The van der Waals surface area contributed by atoms with Gasteiger partial charge >= 0.3 is 0 Å². The Morgan fingerprint density at radius 2 is 2.10 bits per heavy atom. The molecule has 0 aromatic heterocycles. The number of carbonyl (C=O) groups excluding carboxylic acids is 2. The van der Waals surface area contributed by atoms with Gasteiger partial charge in [0.05, 0.1) is 24.4 Å². The lowest BCUT2D eigenvalue weighted by Crippen LogP contribution is -2.45. The molecule has 1 aliphatic rings. The number of halogens is 1. The van der Waals surface area contributed by atoms with Crippen molar-refractivity contribution in [1.29, 1.82) is 0 Å². The quantitative estimate of drug-likeness (QED) is 0.644. The monoisotopic (exact) mass is 461 g/mol. The average Bonchev–Trinajstić information content (AvgIpc) is 2.74. The molecule has 0 radical (unpaired) electrons. The Balaban J connectivity index is 1.80. The van der Waals surface area contributed by atoms with Crippen molar-refractivity contribution in [3.05, 3.63) is 47.5 Å². The van der Waals surface area contributed by atoms with E-state index >= 15 is 0 Å². The van der Waals surface area contributed by atoms with Gasteiger partial charge in [0, 0.05) is 24.7 Å². The van der Waals surface area contributed by atoms with Gasteiger partial charge in [0.15, 0.2) is 5.17 Å². The lowest BCUT2D eigenvalue weighted by Gasteiger charge is -2.31. The molecule has 2 amide bonds. The van der Waals surface area contributed by atoms with Gasteiger partial charge in [-0.05, 0) is 44.2 Å². The first-order chi connectivity index (χ1) is 14.9. The van der Waals surface area contributed by atoms with E-state index in [9.17, 15) is 9.59 Å². The number of carbonyl (C=O) groups is 2. The fraction of sp³-hybridized carbons (Fsp3) is 0.318. The summed E-state index contributed by atoms with van der Waals surface area (Å²) in [5, 5.41) is 3.15. The maximum absolute atomic E-state index is 12.9. The number of amidine groups is 1. The molecule has 1 N–H and O–H groups in total. The minimum absolute atomic E-state index is 0.0951. The Morgan fingerprint density at radius 1 is 1.29 bits per heavy atom. The SMILES string of the molecule is CCOc1cccc(NC(=O)C2CC(=O)N(CC)C(=Nc3ccc(OC)c(Cl)c3)S2)c1. The van der Waals surface area contributed by atoms with E-state index < -0.39 is 5.25 Å². The number of amides is 2. The van der Waals surface area contributed by atoms with Crippen molar-refractivity contribution >= 4 is 51.7 Å². The number of rotatable bonds is 7. The molecule has 1 fully saturated rings. The number of anilines is 1. The number of nitrogens with one attached hydrogen (secondary N) is 1. The molecule has 1 atom stereocenters. The van der Waals surface area contributed by atoms with E-state index in [1.807, 2.05) is 19.9 Å². The second kappa shape index (κ2) is 10.5. The summed E-state index contributed by atoms with van der Waals surface area (Å²) in [7, 11) is 1.54. The minimum atomic E-state index is -0.599. The number of thioether (sulfide) groups is 1. The third-order valence-corrected chi connectivity index (χ3v) is 6.00. The number of nitrogens with zero attached hydrogens (tertiary/aromatic N) is 2. The van der Waals surface area contributed by atoms with Crippen LogP contribution in [0.15, 0.2) is 47.5 Å². The van der Waals surface area contributed by atoms with Gasteiger partial charge in [-0.3, -0.25) is 14.5 Å². The van der Waals surface area contributed by atoms with Crippen LogP contribution in [0.1, 0.15) is 20.3 Å². The van der Waals surface area contributed by atoms with Gasteiger partial charge in [0.2, 0.25) is 11.8 Å². The Kier molecular flexibility index (Phi) is 7.81. The van der Waals surface area contributed by atoms with Crippen molar-refractivity contribution in [1.82, 2.24) is 4.90 Å². The van der Waals surface area contributed by atoms with Crippen LogP contribution in [0.25, 0.3) is 0 Å². The molecule has 2 aromatic carbocycles. The summed E-state index contributed by atoms with van der Waals surface area (Å²) < 4.78 is 10.6. The second-order valence-electron chi connectivity index (χ2n) is 6.61. The first-order valence-electron chi connectivity index (χ1n) is 9.88. The highest BCUT2D eigenvalue weighted by Crippen LogP contribution is 2.33. The van der Waals surface area contributed by atoms with Gasteiger partial charge in [-0.1, -0.05) is 29.4 Å². The zero-order valence-electron chi connectivity index (χ0n) is 17.6. The number of hydrogen-bond acceptors (Lipinski definition) is 6. The molecule has 0 spiro atoms. The molecule has 0 bridgehead atoms. The van der Waals surface area contributed by atoms with Gasteiger partial charge in [-0.25, -0.2) is 4.99 Å². The third kappa shape index (κ3) is 5.71. The highest BCUT2D eigenvalue weighted by Gasteiger charge is 2.35. The van der Waals surface area contributed by atoms with Crippen molar-refractivity contribution < 1.29 is 19.1 Å². The number of ether oxygens (including phenoxy) is 2. The summed E-state index contributed by atoms with van der Waals surface area (Å²) in [6.07, 6.45) is 0.0951. The standard InChI is InChI=1S/C22H24ClN3O4S/c1-4-26-20(27)13-19(21(28)24-14-7-6-8-16(11-14)30-5-2)31-22(26)25-15-9-10-18(29-3)17(23)12-15/h6-12,19H,4-5,13H2,1-3H3,(H,24,28). The van der Waals surface area contributed by atoms with Crippen LogP contribution < -0.4 is 14.8 Å². The van der Waals surface area contributed by atoms with E-state index in [2.05, 4.69) is 10.3 Å². The highest BCUT2D eigenvalue weighted by atomic mass is 35.5. The predicted molar refractivity (Wildman–Crippen MR) is 125 cm³/mol. The summed E-state index contributed by atoms with van der Waals surface area (Å²) in [4.78, 5) is 31.7. The van der Waals surface area contributed by atoms with Crippen LogP contribution in [0.3, 0.4) is 0 Å². The first kappa shape index (κ1) is 23.0. The Hall–Kier alpha value is -2.71. The molecule has 1 unspecified atom stereocenters. The molecule has 164 valence electrons. The molecule has 31 heavy (non-hydrogen) atoms. The van der Waals surface area contributed by atoms with E-state index in [0.29, 0.717) is 46.2 Å². The molecule has 1 heterocycles. The van der Waals surface area contributed by atoms with Gasteiger partial charge in [0.25, 0.3) is 0 Å². The summed E-state index contributed by atoms with van der Waals surface area (Å²) in [6.45, 7) is 4.76. The van der Waals surface area contributed by atoms with Crippen LogP contribution in [0, 0.1) is 0 Å². The molecule has 7 nitrogen and oxygen atoms in total. The van der Waals surface area contributed by atoms with Gasteiger partial charge in [-0.2, -0.15) is 0 Å². The third-order valence-electron chi connectivity index (χ3n) is 4.52. The van der Waals surface area contributed by atoms with Crippen molar-refractivity contribution in [3.63, 3.8) is 0 Å². The van der Waals surface area contributed by atoms with E-state index in [-0.39, 0.29) is 18.2 Å². The summed E-state index contributed by atoms with van der Waals surface area (Å²) in [6, 6.07) is 12.3. The zero-order valence-corrected chi connectivity index (χ0v) is 19.1. The van der Waals surface area contributed by atoms with Crippen molar-refractivity contribution in [3.8, 4) is 11.5 Å². The van der Waals surface area contributed by atoms with Gasteiger partial charge in [-0.15, -0.1) is 0 Å². The van der Waals surface area contributed by atoms with Crippen molar-refractivity contribution in [2.45, 2.75) is 25.5 Å². The topological polar surface area (TPSA) is 80.2 Å². The maximum Gasteiger partial charge on any atom is 0.238 e. The fourth-order valence-electron chi connectivity index (χ4n) is 3.04. The molecular weight excluding hydrogens is 438 g/mol. The lowest BCUT2D eigenvalue weighted by molar-refractivity contribution is -0.129. The second-order valence-corrected chi connectivity index (χ2v) is 8.19. The van der Waals surface area contributed by atoms with Crippen LogP contribution >= 0.6 is 23.4 Å². The normalized spacial score (nSPS) is 17.5. The maximum atomic E-state index is 12.9. The van der Waals surface area contributed by atoms with Gasteiger partial charge < -0.3 is 14.8 Å². The molecule has 0 aliphatic carbocycles. The molecule has 3 rings (SSSR count). The van der Waals surface area contributed by atoms with Crippen molar-refractivity contribution in [2.75, 3.05) is 25.6 Å². The number of aliphatic imine (C=N–C) groups is 1. The lowest BCUT2D eigenvalue weighted by atomic mass is 10.2. The average molecular weight is 462 g/mol. The smallest absolute Gasteiger partial charge is 0.238 e. The van der Waals surface area contributed by atoms with E-state index in [0.717, 1.165) is 0 Å². The van der Waals surface area contributed by atoms with E-state index in [1.54, 1.807) is 41.3 Å². The summed E-state index contributed by atoms with van der Waals surface area (Å²) >= 11 is 7.45. The summed E-state index contributed by atoms with van der Waals surface area (Å²) in [5.74, 6) is 0.798. The minimum Gasteiger partial charge on any atom is -0.495 e. The van der Waals surface area contributed by atoms with Gasteiger partial charge in [0.1, 0.15) is 16.7 Å². The fourth-order valence-corrected chi connectivity index (χ4v) is 4.46. The largest absolute Gasteiger partial charge is 0.495 e. The predicted octanol–water partition coefficient (Wildman–Crippen LogP) is 4.73. The van der Waals surface area contributed by atoms with Crippen molar-refractivity contribution in [2.24, 2.45) is 4.99 Å². The van der Waals surface area contributed by atoms with Crippen LogP contribution in [-0.2, 0) is 9.59 Å². The van der Waals surface area contributed by atoms with E-state index in [1.165, 1.54) is 18.9 Å². The van der Waals surface area contributed by atoms with Crippen LogP contribution in [-0.4, -0.2) is 47.4 Å². The van der Waals surface area contributed by atoms with Crippen LogP contribution in [0.5, 0.6) is 11.5 Å². The zero-order chi connectivity index (χ0) is 22.4. The molecule has 2 aromatic rings. The number of hydrogen-bond donors (Lipinski definition) is 1. The van der Waals surface area contributed by atoms with Crippen LogP contribution in [0.4, 0.5) is 11.4 Å². The highest BCUT2D eigenvalue weighted by molar-refractivity contribution is 8.15. The molecule has 1 aliphatic heterocycles. The molecule has 9 heteroatoms. The molecular formula is C22H24ClN3O4S. The number of benzene rings is 2.